The van der Waals surface area contributed by atoms with E-state index in [2.05, 4.69) is 42.0 Å². The first-order chi connectivity index (χ1) is 6.43. The minimum absolute atomic E-state index is 1.04. The molecule has 0 saturated heterocycles. The minimum Gasteiger partial charge on any atom is -0.254 e. The van der Waals surface area contributed by atoms with Crippen molar-refractivity contribution < 1.29 is 0 Å². The highest BCUT2D eigenvalue weighted by molar-refractivity contribution is 8.76. The summed E-state index contributed by atoms with van der Waals surface area (Å²) in [7, 11) is 3.59. The van der Waals surface area contributed by atoms with Gasteiger partial charge in [0, 0.05) is 12.3 Å². The molecular weight excluding hydrogens is 198 g/mol. The molecule has 0 fully saturated rings. The van der Waals surface area contributed by atoms with E-state index in [-0.39, 0.29) is 0 Å². The zero-order chi connectivity index (χ0) is 9.36. The molecule has 0 radical (unpaired) electrons. The number of nitrogens with one attached hydrogen (secondary N) is 1. The molecule has 1 nitrogen and oxygen atoms in total. The Bertz CT molecular complexity index is 213. The quantitative estimate of drug-likeness (QED) is 0.443. The molecule has 1 aromatic rings. The van der Waals surface area contributed by atoms with Gasteiger partial charge in [0.15, 0.2) is 0 Å². The van der Waals surface area contributed by atoms with Crippen LogP contribution in [0.4, 0.5) is 0 Å². The fourth-order valence-corrected chi connectivity index (χ4v) is 2.22. The van der Waals surface area contributed by atoms with E-state index in [1.54, 1.807) is 11.0 Å². The molecule has 0 spiro atoms. The Labute approximate surface area is 88.2 Å². The highest BCUT2D eigenvalue weighted by Crippen LogP contribution is 2.15. The van der Waals surface area contributed by atoms with Gasteiger partial charge in [0.1, 0.15) is 0 Å². The summed E-state index contributed by atoms with van der Waals surface area (Å²) in [5, 5.41) is 0. The van der Waals surface area contributed by atoms with Crippen LogP contribution in [0, 0.1) is 0 Å². The van der Waals surface area contributed by atoms with Crippen molar-refractivity contribution in [2.24, 2.45) is 0 Å². The summed E-state index contributed by atoms with van der Waals surface area (Å²) >= 11 is 0. The number of hydrogen-bond donors (Lipinski definition) is 1. The second-order valence-electron chi connectivity index (χ2n) is 2.62. The molecule has 1 N–H and O–H groups in total. The molecule has 0 aromatic heterocycles. The van der Waals surface area contributed by atoms with E-state index < -0.39 is 0 Å². The summed E-state index contributed by atoms with van der Waals surface area (Å²) in [5.41, 5.74) is 1.40. The van der Waals surface area contributed by atoms with Crippen molar-refractivity contribution in [1.82, 2.24) is 4.72 Å². The van der Waals surface area contributed by atoms with Crippen LogP contribution in [-0.2, 0) is 6.42 Å². The van der Waals surface area contributed by atoms with E-state index in [4.69, 9.17) is 0 Å². The fourth-order valence-electron chi connectivity index (χ4n) is 0.982. The van der Waals surface area contributed by atoms with Gasteiger partial charge >= 0.3 is 0 Å². The zero-order valence-electron chi connectivity index (χ0n) is 7.82. The first-order valence-electron chi connectivity index (χ1n) is 4.48. The largest absolute Gasteiger partial charge is 0.254 e. The van der Waals surface area contributed by atoms with E-state index in [1.165, 1.54) is 5.56 Å². The first-order valence-corrected chi connectivity index (χ1v) is 6.80. The smallest absolute Gasteiger partial charge is 0.0107 e. The van der Waals surface area contributed by atoms with Crippen LogP contribution in [0.3, 0.4) is 0 Å². The van der Waals surface area contributed by atoms with Crippen molar-refractivity contribution in [2.45, 2.75) is 13.3 Å². The van der Waals surface area contributed by atoms with Gasteiger partial charge in [-0.05, 0) is 23.0 Å². The average Bonchev–Trinajstić information content (AvgIpc) is 2.19. The molecule has 13 heavy (non-hydrogen) atoms. The van der Waals surface area contributed by atoms with Crippen LogP contribution in [0.1, 0.15) is 12.5 Å². The Morgan fingerprint density at radius 3 is 2.69 bits per heavy atom. The van der Waals surface area contributed by atoms with Crippen LogP contribution in [0.15, 0.2) is 30.3 Å². The third kappa shape index (κ3) is 5.24. The molecule has 0 aliphatic heterocycles. The minimum atomic E-state index is 1.04. The standard InChI is InChI=1S/C10H15NS2/c1-2-12-13-11-9-8-10-6-4-3-5-7-10/h3-7,11H,2,8-9H2,1H3. The Morgan fingerprint density at radius 2 is 2.00 bits per heavy atom. The molecule has 3 heteroatoms. The van der Waals surface area contributed by atoms with Gasteiger partial charge in [0.25, 0.3) is 0 Å². The number of hydrogen-bond acceptors (Lipinski definition) is 3. The van der Waals surface area contributed by atoms with Crippen molar-refractivity contribution in [3.63, 3.8) is 0 Å². The monoisotopic (exact) mass is 213 g/mol. The van der Waals surface area contributed by atoms with Crippen molar-refractivity contribution >= 4 is 21.8 Å². The van der Waals surface area contributed by atoms with Crippen molar-refractivity contribution in [3.05, 3.63) is 35.9 Å². The van der Waals surface area contributed by atoms with Gasteiger partial charge < -0.3 is 0 Å². The van der Waals surface area contributed by atoms with Crippen molar-refractivity contribution in [2.75, 3.05) is 12.3 Å². The Kier molecular flexibility index (Phi) is 6.15. The summed E-state index contributed by atoms with van der Waals surface area (Å²) < 4.78 is 3.31. The van der Waals surface area contributed by atoms with Gasteiger partial charge in [0.05, 0.1) is 0 Å². The molecule has 0 amide bonds. The Morgan fingerprint density at radius 1 is 1.23 bits per heavy atom. The summed E-state index contributed by atoms with van der Waals surface area (Å²) in [5.74, 6) is 1.16. The van der Waals surface area contributed by atoms with Gasteiger partial charge in [-0.15, -0.1) is 0 Å². The highest BCUT2D eigenvalue weighted by Gasteiger charge is 1.90. The van der Waals surface area contributed by atoms with Crippen molar-refractivity contribution in [3.8, 4) is 0 Å². The Balaban J connectivity index is 2.07. The highest BCUT2D eigenvalue weighted by atomic mass is 33.1. The molecule has 0 bridgehead atoms. The van der Waals surface area contributed by atoms with Gasteiger partial charge in [-0.2, -0.15) is 0 Å². The van der Waals surface area contributed by atoms with E-state index in [0.29, 0.717) is 0 Å². The molecule has 0 aliphatic carbocycles. The topological polar surface area (TPSA) is 12.0 Å². The lowest BCUT2D eigenvalue weighted by molar-refractivity contribution is 0.913. The van der Waals surface area contributed by atoms with Crippen LogP contribution >= 0.6 is 21.8 Å². The van der Waals surface area contributed by atoms with E-state index in [0.717, 1.165) is 18.7 Å². The third-order valence-corrected chi connectivity index (χ3v) is 3.68. The van der Waals surface area contributed by atoms with Crippen LogP contribution in [0.2, 0.25) is 0 Å². The van der Waals surface area contributed by atoms with Crippen LogP contribution in [0.5, 0.6) is 0 Å². The second-order valence-corrected chi connectivity index (χ2v) is 5.10. The lowest BCUT2D eigenvalue weighted by Gasteiger charge is -2.01. The zero-order valence-corrected chi connectivity index (χ0v) is 9.46. The summed E-state index contributed by atoms with van der Waals surface area (Å²) in [4.78, 5) is 0. The van der Waals surface area contributed by atoms with Gasteiger partial charge in [-0.1, -0.05) is 48.0 Å². The van der Waals surface area contributed by atoms with E-state index in [1.807, 2.05) is 10.8 Å². The number of benzene rings is 1. The van der Waals surface area contributed by atoms with Gasteiger partial charge in [-0.25, -0.2) is 0 Å². The predicted molar refractivity (Wildman–Crippen MR) is 63.9 cm³/mol. The van der Waals surface area contributed by atoms with Crippen LogP contribution in [0.25, 0.3) is 0 Å². The molecule has 72 valence electrons. The fraction of sp³-hybridized carbons (Fsp3) is 0.400. The summed E-state index contributed by atoms with van der Waals surface area (Å²) in [6.45, 7) is 3.21. The van der Waals surface area contributed by atoms with Gasteiger partial charge in [0.2, 0.25) is 0 Å². The molecular formula is C10H15NS2. The molecule has 0 aliphatic rings. The third-order valence-electron chi connectivity index (χ3n) is 1.59. The molecule has 1 rings (SSSR count). The lowest BCUT2D eigenvalue weighted by atomic mass is 10.2. The van der Waals surface area contributed by atoms with Crippen LogP contribution < -0.4 is 4.72 Å². The maximum absolute atomic E-state index is 3.31. The second kappa shape index (κ2) is 7.30. The molecule has 1 aromatic carbocycles. The van der Waals surface area contributed by atoms with Crippen LogP contribution in [-0.4, -0.2) is 12.3 Å². The maximum Gasteiger partial charge on any atom is 0.0107 e. The number of rotatable bonds is 6. The normalized spacial score (nSPS) is 10.2. The molecule has 0 unspecified atom stereocenters. The van der Waals surface area contributed by atoms with Crippen molar-refractivity contribution in [1.29, 1.82) is 0 Å². The van der Waals surface area contributed by atoms with E-state index >= 15 is 0 Å². The summed E-state index contributed by atoms with van der Waals surface area (Å²) in [6, 6.07) is 10.6. The maximum atomic E-state index is 3.31. The SMILES string of the molecule is CCSSNCCc1ccccc1. The van der Waals surface area contributed by atoms with E-state index in [9.17, 15) is 0 Å². The molecule has 0 atom stereocenters. The lowest BCUT2D eigenvalue weighted by Crippen LogP contribution is -2.06. The Hall–Kier alpha value is -0.120. The van der Waals surface area contributed by atoms with Gasteiger partial charge in [-0.3, -0.25) is 4.72 Å². The average molecular weight is 213 g/mol. The summed E-state index contributed by atoms with van der Waals surface area (Å²) in [6.07, 6.45) is 1.11. The molecule has 0 saturated carbocycles. The predicted octanol–water partition coefficient (Wildman–Crippen LogP) is 3.14. The first kappa shape index (κ1) is 11.0. The molecule has 0 heterocycles.